The average molecular weight is 215 g/mol. The molecule has 1 saturated heterocycles. The van der Waals surface area contributed by atoms with Crippen LogP contribution in [0.3, 0.4) is 0 Å². The fourth-order valence-electron chi connectivity index (χ4n) is 1.61. The number of methoxy groups -OCH3 is 1. The van der Waals surface area contributed by atoms with Crippen molar-refractivity contribution in [2.75, 3.05) is 39.9 Å². The molecular formula is C10H21N3O2. The van der Waals surface area contributed by atoms with Crippen LogP contribution in [0.2, 0.25) is 0 Å². The summed E-state index contributed by atoms with van der Waals surface area (Å²) in [4.78, 5) is 11.3. The number of ether oxygens (including phenoxy) is 1. The number of carbonyl (C=O) groups excluding carboxylic acids is 1. The second-order valence-corrected chi connectivity index (χ2v) is 3.84. The number of hydrogen-bond donors (Lipinski definition) is 3. The molecule has 1 unspecified atom stereocenters. The van der Waals surface area contributed by atoms with E-state index < -0.39 is 0 Å². The Morgan fingerprint density at radius 1 is 1.53 bits per heavy atom. The van der Waals surface area contributed by atoms with Gasteiger partial charge in [-0.15, -0.1) is 0 Å². The standard InChI is InChI=1S/C10H21N3O2/c1-15-6-2-4-12-10(14)13-8-9-3-5-11-7-9/h9,11H,2-8H2,1H3,(H2,12,13,14). The maximum atomic E-state index is 11.3. The Morgan fingerprint density at radius 3 is 3.07 bits per heavy atom. The second kappa shape index (κ2) is 7.48. The highest BCUT2D eigenvalue weighted by Gasteiger charge is 2.14. The summed E-state index contributed by atoms with van der Waals surface area (Å²) in [5.74, 6) is 0.592. The van der Waals surface area contributed by atoms with Crippen molar-refractivity contribution in [2.24, 2.45) is 5.92 Å². The van der Waals surface area contributed by atoms with Crippen LogP contribution >= 0.6 is 0 Å². The molecule has 0 bridgehead atoms. The molecule has 1 rings (SSSR count). The minimum atomic E-state index is -0.0713. The van der Waals surface area contributed by atoms with Crippen molar-refractivity contribution in [3.8, 4) is 0 Å². The molecule has 1 heterocycles. The Kier molecular flexibility index (Phi) is 6.11. The zero-order chi connectivity index (χ0) is 10.9. The highest BCUT2D eigenvalue weighted by atomic mass is 16.5. The topological polar surface area (TPSA) is 62.4 Å². The lowest BCUT2D eigenvalue weighted by Gasteiger charge is -2.10. The zero-order valence-electron chi connectivity index (χ0n) is 9.34. The van der Waals surface area contributed by atoms with E-state index in [0.29, 0.717) is 19.1 Å². The third-order valence-electron chi connectivity index (χ3n) is 2.52. The molecule has 1 aliphatic rings. The van der Waals surface area contributed by atoms with Crippen LogP contribution in [0.4, 0.5) is 4.79 Å². The van der Waals surface area contributed by atoms with E-state index in [0.717, 1.165) is 32.5 Å². The van der Waals surface area contributed by atoms with Crippen LogP contribution in [-0.4, -0.2) is 45.9 Å². The number of rotatable bonds is 6. The molecule has 5 nitrogen and oxygen atoms in total. The molecular weight excluding hydrogens is 194 g/mol. The predicted octanol–water partition coefficient (Wildman–Crippen LogP) is -0.0684. The summed E-state index contributed by atoms with van der Waals surface area (Å²) < 4.78 is 4.88. The number of urea groups is 1. The lowest BCUT2D eigenvalue weighted by Crippen LogP contribution is -2.39. The van der Waals surface area contributed by atoms with Gasteiger partial charge in [-0.05, 0) is 31.8 Å². The van der Waals surface area contributed by atoms with Crippen molar-refractivity contribution in [1.82, 2.24) is 16.0 Å². The summed E-state index contributed by atoms with van der Waals surface area (Å²) >= 11 is 0. The third kappa shape index (κ3) is 5.59. The molecule has 0 saturated carbocycles. The molecule has 0 spiro atoms. The molecule has 1 aliphatic heterocycles. The van der Waals surface area contributed by atoms with Gasteiger partial charge in [0.05, 0.1) is 0 Å². The minimum absolute atomic E-state index is 0.0713. The van der Waals surface area contributed by atoms with Crippen LogP contribution in [-0.2, 0) is 4.74 Å². The Bertz CT molecular complexity index is 182. The first-order valence-electron chi connectivity index (χ1n) is 5.54. The molecule has 5 heteroatoms. The fourth-order valence-corrected chi connectivity index (χ4v) is 1.61. The van der Waals surface area contributed by atoms with Gasteiger partial charge in [0.25, 0.3) is 0 Å². The molecule has 0 aromatic heterocycles. The summed E-state index contributed by atoms with van der Waals surface area (Å²) in [6, 6.07) is -0.0713. The van der Waals surface area contributed by atoms with Crippen molar-refractivity contribution in [1.29, 1.82) is 0 Å². The smallest absolute Gasteiger partial charge is 0.314 e. The van der Waals surface area contributed by atoms with Gasteiger partial charge in [0.1, 0.15) is 0 Å². The lowest BCUT2D eigenvalue weighted by atomic mass is 10.1. The van der Waals surface area contributed by atoms with Crippen LogP contribution in [0.5, 0.6) is 0 Å². The van der Waals surface area contributed by atoms with Gasteiger partial charge in [-0.2, -0.15) is 0 Å². The lowest BCUT2D eigenvalue weighted by molar-refractivity contribution is 0.193. The molecule has 2 amide bonds. The van der Waals surface area contributed by atoms with E-state index >= 15 is 0 Å². The zero-order valence-corrected chi connectivity index (χ0v) is 9.34. The summed E-state index contributed by atoms with van der Waals surface area (Å²) in [5, 5.41) is 8.93. The van der Waals surface area contributed by atoms with Crippen LogP contribution in [0.15, 0.2) is 0 Å². The molecule has 15 heavy (non-hydrogen) atoms. The quantitative estimate of drug-likeness (QED) is 0.544. The fraction of sp³-hybridized carbons (Fsp3) is 0.900. The van der Waals surface area contributed by atoms with E-state index in [2.05, 4.69) is 16.0 Å². The molecule has 0 radical (unpaired) electrons. The number of carbonyl (C=O) groups is 1. The summed E-state index contributed by atoms with van der Waals surface area (Å²) in [6.07, 6.45) is 2.01. The van der Waals surface area contributed by atoms with E-state index in [-0.39, 0.29) is 6.03 Å². The monoisotopic (exact) mass is 215 g/mol. The highest BCUT2D eigenvalue weighted by Crippen LogP contribution is 2.04. The van der Waals surface area contributed by atoms with Gasteiger partial charge in [0, 0.05) is 26.8 Å². The van der Waals surface area contributed by atoms with Gasteiger partial charge in [0.2, 0.25) is 0 Å². The summed E-state index contributed by atoms with van der Waals surface area (Å²) in [7, 11) is 1.66. The normalized spacial score (nSPS) is 20.2. The highest BCUT2D eigenvalue weighted by molar-refractivity contribution is 5.73. The van der Waals surface area contributed by atoms with Gasteiger partial charge in [-0.25, -0.2) is 4.79 Å². The Morgan fingerprint density at radius 2 is 2.40 bits per heavy atom. The maximum absolute atomic E-state index is 11.3. The summed E-state index contributed by atoms with van der Waals surface area (Å²) in [6.45, 7) is 4.21. The first kappa shape index (κ1) is 12.3. The Hall–Kier alpha value is -0.810. The molecule has 1 atom stereocenters. The number of amides is 2. The average Bonchev–Trinajstić information content (AvgIpc) is 2.74. The summed E-state index contributed by atoms with van der Waals surface area (Å²) in [5.41, 5.74) is 0. The van der Waals surface area contributed by atoms with Gasteiger partial charge >= 0.3 is 6.03 Å². The minimum Gasteiger partial charge on any atom is -0.385 e. The van der Waals surface area contributed by atoms with Gasteiger partial charge in [0.15, 0.2) is 0 Å². The molecule has 3 N–H and O–H groups in total. The SMILES string of the molecule is COCCCNC(=O)NCC1CCNC1. The van der Waals surface area contributed by atoms with E-state index in [9.17, 15) is 4.79 Å². The first-order chi connectivity index (χ1) is 7.33. The second-order valence-electron chi connectivity index (χ2n) is 3.84. The van der Waals surface area contributed by atoms with Crippen LogP contribution in [0.1, 0.15) is 12.8 Å². The van der Waals surface area contributed by atoms with Crippen molar-refractivity contribution in [3.05, 3.63) is 0 Å². The van der Waals surface area contributed by atoms with Crippen LogP contribution < -0.4 is 16.0 Å². The largest absolute Gasteiger partial charge is 0.385 e. The van der Waals surface area contributed by atoms with Gasteiger partial charge < -0.3 is 20.7 Å². The van der Waals surface area contributed by atoms with Gasteiger partial charge in [-0.3, -0.25) is 0 Å². The molecule has 0 aromatic carbocycles. The van der Waals surface area contributed by atoms with Crippen molar-refractivity contribution in [3.63, 3.8) is 0 Å². The molecule has 0 aliphatic carbocycles. The van der Waals surface area contributed by atoms with Crippen LogP contribution in [0.25, 0.3) is 0 Å². The van der Waals surface area contributed by atoms with E-state index in [1.807, 2.05) is 0 Å². The van der Waals surface area contributed by atoms with Crippen LogP contribution in [0, 0.1) is 5.92 Å². The Labute approximate surface area is 90.9 Å². The molecule has 0 aromatic rings. The van der Waals surface area contributed by atoms with E-state index in [1.54, 1.807) is 7.11 Å². The predicted molar refractivity (Wildman–Crippen MR) is 58.9 cm³/mol. The third-order valence-corrected chi connectivity index (χ3v) is 2.52. The van der Waals surface area contributed by atoms with Crippen molar-refractivity contribution >= 4 is 6.03 Å². The molecule has 1 fully saturated rings. The van der Waals surface area contributed by atoms with Crippen molar-refractivity contribution < 1.29 is 9.53 Å². The maximum Gasteiger partial charge on any atom is 0.314 e. The first-order valence-corrected chi connectivity index (χ1v) is 5.54. The van der Waals surface area contributed by atoms with E-state index in [4.69, 9.17) is 4.74 Å². The van der Waals surface area contributed by atoms with Gasteiger partial charge in [-0.1, -0.05) is 0 Å². The van der Waals surface area contributed by atoms with Crippen molar-refractivity contribution in [2.45, 2.75) is 12.8 Å². The Balaban J connectivity index is 1.93. The van der Waals surface area contributed by atoms with E-state index in [1.165, 1.54) is 0 Å². The number of nitrogens with one attached hydrogen (secondary N) is 3. The number of hydrogen-bond acceptors (Lipinski definition) is 3. The molecule has 88 valence electrons.